The molecule has 0 aliphatic heterocycles. The summed E-state index contributed by atoms with van der Waals surface area (Å²) in [4.78, 5) is 8.40. The van der Waals surface area contributed by atoms with Crippen molar-refractivity contribution in [2.24, 2.45) is 0 Å². The number of halogens is 2. The van der Waals surface area contributed by atoms with E-state index in [4.69, 9.17) is 0 Å². The summed E-state index contributed by atoms with van der Waals surface area (Å²) in [5.74, 6) is 1.49. The second-order valence-electron chi connectivity index (χ2n) is 3.39. The minimum atomic E-state index is 0.712. The third-order valence-corrected chi connectivity index (χ3v) is 3.22. The van der Waals surface area contributed by atoms with Crippen LogP contribution in [0.1, 0.15) is 13.3 Å². The smallest absolute Gasteiger partial charge is 0.173 e. The predicted octanol–water partition coefficient (Wildman–Crippen LogP) is 3.01. The highest BCUT2D eigenvalue weighted by Gasteiger charge is 2.10. The van der Waals surface area contributed by atoms with E-state index in [0.29, 0.717) is 5.82 Å². The third kappa shape index (κ3) is 2.84. The first kappa shape index (κ1) is 12.5. The van der Waals surface area contributed by atoms with Crippen LogP contribution in [-0.2, 0) is 0 Å². The highest BCUT2D eigenvalue weighted by atomic mass is 79.9. The lowest BCUT2D eigenvalue weighted by molar-refractivity contribution is 0.831. The number of nitrogens with one attached hydrogen (secondary N) is 1. The molecular weight excluding hydrogens is 350 g/mol. The van der Waals surface area contributed by atoms with Gasteiger partial charge in [0.25, 0.3) is 0 Å². The summed E-state index contributed by atoms with van der Waals surface area (Å²) in [6.07, 6.45) is 6.12. The molecule has 2 aromatic rings. The second-order valence-corrected chi connectivity index (χ2v) is 5.10. The molecule has 0 aromatic carbocycles. The van der Waals surface area contributed by atoms with Gasteiger partial charge in [0.1, 0.15) is 16.6 Å². The number of aromatic nitrogens is 4. The first-order chi connectivity index (χ1) is 8.22. The standard InChI is InChI=1S/C10H11Br2N5/c1-2-3-13-9-8(12)10(15-6-14-9)17-5-7(11)4-16-17/h4-6H,2-3H2,1H3,(H,13,14,15). The second kappa shape index (κ2) is 5.59. The van der Waals surface area contributed by atoms with Crippen LogP contribution in [0, 0.1) is 0 Å². The van der Waals surface area contributed by atoms with Gasteiger partial charge in [0.15, 0.2) is 5.82 Å². The van der Waals surface area contributed by atoms with E-state index >= 15 is 0 Å². The summed E-state index contributed by atoms with van der Waals surface area (Å²) in [6.45, 7) is 2.98. The molecule has 2 heterocycles. The van der Waals surface area contributed by atoms with Gasteiger partial charge in [0.05, 0.1) is 10.7 Å². The average molecular weight is 361 g/mol. The maximum Gasteiger partial charge on any atom is 0.173 e. The molecule has 0 atom stereocenters. The van der Waals surface area contributed by atoms with E-state index in [9.17, 15) is 0 Å². The first-order valence-corrected chi connectivity index (χ1v) is 6.76. The van der Waals surface area contributed by atoms with E-state index in [0.717, 1.165) is 27.7 Å². The number of hydrogen-bond donors (Lipinski definition) is 1. The fourth-order valence-electron chi connectivity index (χ4n) is 1.30. The van der Waals surface area contributed by atoms with Crippen molar-refractivity contribution in [3.05, 3.63) is 27.7 Å². The molecule has 2 aromatic heterocycles. The summed E-state index contributed by atoms with van der Waals surface area (Å²) in [7, 11) is 0. The lowest BCUT2D eigenvalue weighted by atomic mass is 10.4. The summed E-state index contributed by atoms with van der Waals surface area (Å²) >= 11 is 6.85. The molecular formula is C10H11Br2N5. The Morgan fingerprint density at radius 2 is 2.18 bits per heavy atom. The minimum Gasteiger partial charge on any atom is -0.369 e. The summed E-state index contributed by atoms with van der Waals surface area (Å²) in [5, 5.41) is 7.42. The van der Waals surface area contributed by atoms with E-state index in [-0.39, 0.29) is 0 Å². The molecule has 5 nitrogen and oxygen atoms in total. The Hall–Kier alpha value is -0.950. The van der Waals surface area contributed by atoms with Crippen LogP contribution in [0.5, 0.6) is 0 Å². The highest BCUT2D eigenvalue weighted by Crippen LogP contribution is 2.25. The molecule has 17 heavy (non-hydrogen) atoms. The van der Waals surface area contributed by atoms with E-state index in [1.165, 1.54) is 6.33 Å². The average Bonchev–Trinajstić information content (AvgIpc) is 2.74. The van der Waals surface area contributed by atoms with E-state index in [2.05, 4.69) is 59.2 Å². The van der Waals surface area contributed by atoms with Gasteiger partial charge >= 0.3 is 0 Å². The zero-order chi connectivity index (χ0) is 12.3. The Balaban J connectivity index is 2.35. The van der Waals surface area contributed by atoms with E-state index < -0.39 is 0 Å². The number of hydrogen-bond acceptors (Lipinski definition) is 4. The molecule has 0 radical (unpaired) electrons. The number of rotatable bonds is 4. The Labute approximate surface area is 116 Å². The predicted molar refractivity (Wildman–Crippen MR) is 73.3 cm³/mol. The normalized spacial score (nSPS) is 10.5. The Bertz CT molecular complexity index is 511. The monoisotopic (exact) mass is 359 g/mol. The van der Waals surface area contributed by atoms with Gasteiger partial charge in [-0.05, 0) is 38.3 Å². The summed E-state index contributed by atoms with van der Waals surface area (Å²) in [6, 6.07) is 0. The van der Waals surface area contributed by atoms with Gasteiger partial charge in [0.2, 0.25) is 0 Å². The number of nitrogens with zero attached hydrogens (tertiary/aromatic N) is 4. The van der Waals surface area contributed by atoms with Crippen molar-refractivity contribution in [3.8, 4) is 5.82 Å². The van der Waals surface area contributed by atoms with Crippen LogP contribution < -0.4 is 5.32 Å². The summed E-state index contributed by atoms with van der Waals surface area (Å²) < 4.78 is 3.41. The lowest BCUT2D eigenvalue weighted by Crippen LogP contribution is -2.07. The van der Waals surface area contributed by atoms with Crippen molar-refractivity contribution >= 4 is 37.7 Å². The van der Waals surface area contributed by atoms with Crippen molar-refractivity contribution < 1.29 is 0 Å². The van der Waals surface area contributed by atoms with Crippen LogP contribution in [0.3, 0.4) is 0 Å². The van der Waals surface area contributed by atoms with Gasteiger partial charge in [-0.1, -0.05) is 6.92 Å². The Kier molecular flexibility index (Phi) is 4.11. The molecule has 7 heteroatoms. The highest BCUT2D eigenvalue weighted by molar-refractivity contribution is 9.11. The van der Waals surface area contributed by atoms with Crippen molar-refractivity contribution in [1.82, 2.24) is 19.7 Å². The fourth-order valence-corrected chi connectivity index (χ4v) is 2.12. The molecule has 0 unspecified atom stereocenters. The molecule has 0 fully saturated rings. The van der Waals surface area contributed by atoms with Crippen LogP contribution in [0.15, 0.2) is 27.7 Å². The van der Waals surface area contributed by atoms with Crippen LogP contribution in [0.25, 0.3) is 5.82 Å². The van der Waals surface area contributed by atoms with Gasteiger partial charge in [-0.3, -0.25) is 0 Å². The molecule has 1 N–H and O–H groups in total. The van der Waals surface area contributed by atoms with Crippen LogP contribution in [0.2, 0.25) is 0 Å². The van der Waals surface area contributed by atoms with Crippen LogP contribution >= 0.6 is 31.9 Å². The van der Waals surface area contributed by atoms with E-state index in [1.54, 1.807) is 10.9 Å². The first-order valence-electron chi connectivity index (χ1n) is 5.17. The molecule has 2 rings (SSSR count). The maximum atomic E-state index is 4.21. The van der Waals surface area contributed by atoms with Gasteiger partial charge in [0, 0.05) is 12.7 Å². The van der Waals surface area contributed by atoms with Gasteiger partial charge in [-0.15, -0.1) is 0 Å². The SMILES string of the molecule is CCCNc1ncnc(-n2cc(Br)cn2)c1Br. The molecule has 0 spiro atoms. The quantitative estimate of drug-likeness (QED) is 0.910. The van der Waals surface area contributed by atoms with Crippen molar-refractivity contribution in [3.63, 3.8) is 0 Å². The van der Waals surface area contributed by atoms with Gasteiger partial charge in [-0.2, -0.15) is 5.10 Å². The molecule has 0 aliphatic carbocycles. The minimum absolute atomic E-state index is 0.712. The van der Waals surface area contributed by atoms with Crippen molar-refractivity contribution in [2.75, 3.05) is 11.9 Å². The van der Waals surface area contributed by atoms with E-state index in [1.807, 2.05) is 6.20 Å². The number of anilines is 1. The molecule has 0 amide bonds. The molecule has 0 bridgehead atoms. The third-order valence-electron chi connectivity index (χ3n) is 2.08. The van der Waals surface area contributed by atoms with Crippen LogP contribution in [-0.4, -0.2) is 26.3 Å². The van der Waals surface area contributed by atoms with Gasteiger partial charge in [-0.25, -0.2) is 14.6 Å². The molecule has 90 valence electrons. The van der Waals surface area contributed by atoms with Gasteiger partial charge < -0.3 is 5.32 Å². The van der Waals surface area contributed by atoms with Crippen molar-refractivity contribution in [2.45, 2.75) is 13.3 Å². The van der Waals surface area contributed by atoms with Crippen molar-refractivity contribution in [1.29, 1.82) is 0 Å². The fraction of sp³-hybridized carbons (Fsp3) is 0.300. The summed E-state index contributed by atoms with van der Waals surface area (Å²) in [5.41, 5.74) is 0. The molecule has 0 saturated carbocycles. The zero-order valence-corrected chi connectivity index (χ0v) is 12.4. The maximum absolute atomic E-state index is 4.21. The Morgan fingerprint density at radius 3 is 2.82 bits per heavy atom. The lowest BCUT2D eigenvalue weighted by Gasteiger charge is -2.09. The Morgan fingerprint density at radius 1 is 1.35 bits per heavy atom. The topological polar surface area (TPSA) is 55.6 Å². The van der Waals surface area contributed by atoms with Crippen LogP contribution in [0.4, 0.5) is 5.82 Å². The molecule has 0 aliphatic rings. The zero-order valence-electron chi connectivity index (χ0n) is 9.19. The largest absolute Gasteiger partial charge is 0.369 e. The molecule has 0 saturated heterocycles.